The first-order valence-electron chi connectivity index (χ1n) is 12.2. The van der Waals surface area contributed by atoms with Crippen LogP contribution in [-0.4, -0.2) is 47.7 Å². The van der Waals surface area contributed by atoms with Gasteiger partial charge in [0.2, 0.25) is 5.91 Å². The van der Waals surface area contributed by atoms with Crippen molar-refractivity contribution < 1.29 is 23.9 Å². The molecular formula is C29H23Cl2N3O5. The minimum Gasteiger partial charge on any atom is -0.454 e. The van der Waals surface area contributed by atoms with Crippen molar-refractivity contribution in [3.63, 3.8) is 0 Å². The van der Waals surface area contributed by atoms with Crippen molar-refractivity contribution in [3.05, 3.63) is 99.7 Å². The maximum absolute atomic E-state index is 13.0. The summed E-state index contributed by atoms with van der Waals surface area (Å²) in [5, 5.41) is 4.86. The normalized spacial score (nSPS) is 15.2. The van der Waals surface area contributed by atoms with Gasteiger partial charge in [-0.2, -0.15) is 0 Å². The second-order valence-corrected chi connectivity index (χ2v) is 9.88. The predicted molar refractivity (Wildman–Crippen MR) is 148 cm³/mol. The number of carbonyl (C=O) groups excluding carboxylic acids is 4. The average Bonchev–Trinajstić information content (AvgIpc) is 3.48. The fourth-order valence-electron chi connectivity index (χ4n) is 4.50. The first kappa shape index (κ1) is 26.6. The molecule has 0 bridgehead atoms. The standard InChI is InChI=1S/C29H23Cl2N3O5/c30-22-10-7-18(13-23(22)31)26(35)16-39-29(38)17-5-8-20(9-6-17)34-27(36)14-25(28(34)37)32-12-11-19-15-33-24-4-2-1-3-21(19)24/h1-10,13,15,25,32-33H,11-12,14,16H2. The Hall–Kier alpha value is -3.98. The molecule has 0 radical (unpaired) electrons. The number of amides is 2. The smallest absolute Gasteiger partial charge is 0.338 e. The molecule has 0 spiro atoms. The molecule has 0 aliphatic carbocycles. The first-order valence-corrected chi connectivity index (χ1v) is 13.0. The van der Waals surface area contributed by atoms with Crippen molar-refractivity contribution in [1.82, 2.24) is 10.3 Å². The van der Waals surface area contributed by atoms with Crippen LogP contribution in [-0.2, 0) is 20.7 Å². The molecule has 4 aromatic rings. The highest BCUT2D eigenvalue weighted by Gasteiger charge is 2.39. The van der Waals surface area contributed by atoms with Gasteiger partial charge >= 0.3 is 5.97 Å². The van der Waals surface area contributed by atoms with E-state index in [-0.39, 0.29) is 34.4 Å². The van der Waals surface area contributed by atoms with E-state index in [4.69, 9.17) is 27.9 Å². The van der Waals surface area contributed by atoms with Crippen LogP contribution in [0.5, 0.6) is 0 Å². The molecule has 2 amide bonds. The molecule has 1 fully saturated rings. The number of carbonyl (C=O) groups is 4. The number of H-pyrrole nitrogens is 1. The molecule has 1 unspecified atom stereocenters. The Morgan fingerprint density at radius 3 is 2.49 bits per heavy atom. The number of ether oxygens (including phenoxy) is 1. The van der Waals surface area contributed by atoms with Crippen molar-refractivity contribution in [2.75, 3.05) is 18.1 Å². The molecule has 2 N–H and O–H groups in total. The molecule has 2 heterocycles. The largest absolute Gasteiger partial charge is 0.454 e. The number of nitrogens with zero attached hydrogens (tertiary/aromatic N) is 1. The van der Waals surface area contributed by atoms with Crippen molar-refractivity contribution in [3.8, 4) is 0 Å². The van der Waals surface area contributed by atoms with E-state index in [1.54, 1.807) is 0 Å². The minimum atomic E-state index is -0.717. The number of ketones is 1. The van der Waals surface area contributed by atoms with Gasteiger partial charge in [0.1, 0.15) is 0 Å². The Bertz CT molecular complexity index is 1580. The molecule has 1 aliphatic rings. The fourth-order valence-corrected chi connectivity index (χ4v) is 4.79. The zero-order chi connectivity index (χ0) is 27.5. The van der Waals surface area contributed by atoms with Crippen molar-refractivity contribution in [2.24, 2.45) is 0 Å². The summed E-state index contributed by atoms with van der Waals surface area (Å²) in [6.45, 7) is 0.0542. The number of para-hydroxylation sites is 1. The van der Waals surface area contributed by atoms with Gasteiger partial charge in [0.25, 0.3) is 5.91 Å². The molecule has 8 nitrogen and oxygen atoms in total. The highest BCUT2D eigenvalue weighted by Crippen LogP contribution is 2.25. The van der Waals surface area contributed by atoms with Crippen LogP contribution in [0.15, 0.2) is 72.9 Å². The molecule has 1 aliphatic heterocycles. The van der Waals surface area contributed by atoms with E-state index < -0.39 is 24.4 Å². The lowest BCUT2D eigenvalue weighted by molar-refractivity contribution is -0.121. The quantitative estimate of drug-likeness (QED) is 0.169. The van der Waals surface area contributed by atoms with E-state index in [1.165, 1.54) is 42.5 Å². The maximum Gasteiger partial charge on any atom is 0.338 e. The number of aromatic amines is 1. The summed E-state index contributed by atoms with van der Waals surface area (Å²) in [5.41, 5.74) is 2.98. The Morgan fingerprint density at radius 1 is 0.974 bits per heavy atom. The zero-order valence-corrected chi connectivity index (χ0v) is 22.1. The number of Topliss-reactive ketones (excluding diaryl/α,β-unsaturated/α-hetero) is 1. The lowest BCUT2D eigenvalue weighted by atomic mass is 10.1. The van der Waals surface area contributed by atoms with E-state index >= 15 is 0 Å². The van der Waals surface area contributed by atoms with Crippen LogP contribution in [0.1, 0.15) is 32.7 Å². The first-order chi connectivity index (χ1) is 18.8. The average molecular weight is 564 g/mol. The molecule has 3 aromatic carbocycles. The van der Waals surface area contributed by atoms with E-state index in [2.05, 4.69) is 10.3 Å². The summed E-state index contributed by atoms with van der Waals surface area (Å²) in [7, 11) is 0. The number of anilines is 1. The van der Waals surface area contributed by atoms with Gasteiger partial charge in [0, 0.05) is 29.2 Å². The summed E-state index contributed by atoms with van der Waals surface area (Å²) in [4.78, 5) is 54.7. The van der Waals surface area contributed by atoms with E-state index in [0.717, 1.165) is 21.4 Å². The van der Waals surface area contributed by atoms with Gasteiger partial charge in [-0.15, -0.1) is 0 Å². The summed E-state index contributed by atoms with van der Waals surface area (Å²) in [6.07, 6.45) is 2.70. The van der Waals surface area contributed by atoms with Crippen molar-refractivity contribution in [1.29, 1.82) is 0 Å². The number of hydrogen-bond donors (Lipinski definition) is 2. The lowest BCUT2D eigenvalue weighted by Gasteiger charge is -2.16. The number of esters is 1. The Morgan fingerprint density at radius 2 is 1.72 bits per heavy atom. The highest BCUT2D eigenvalue weighted by atomic mass is 35.5. The Kier molecular flexibility index (Phi) is 7.79. The highest BCUT2D eigenvalue weighted by molar-refractivity contribution is 6.42. The second-order valence-electron chi connectivity index (χ2n) is 9.06. The van der Waals surface area contributed by atoms with Crippen LogP contribution in [0.4, 0.5) is 5.69 Å². The lowest BCUT2D eigenvalue weighted by Crippen LogP contribution is -2.39. The van der Waals surface area contributed by atoms with Crippen molar-refractivity contribution >= 4 is 63.4 Å². The number of fused-ring (bicyclic) bond motifs is 1. The van der Waals surface area contributed by atoms with Gasteiger partial charge in [0.05, 0.1) is 33.8 Å². The summed E-state index contributed by atoms with van der Waals surface area (Å²) < 4.78 is 5.12. The summed E-state index contributed by atoms with van der Waals surface area (Å²) in [6, 6.07) is 17.6. The van der Waals surface area contributed by atoms with Gasteiger partial charge in [-0.1, -0.05) is 41.4 Å². The van der Waals surface area contributed by atoms with Crippen LogP contribution in [0.2, 0.25) is 10.0 Å². The zero-order valence-electron chi connectivity index (χ0n) is 20.6. The molecule has 0 saturated carbocycles. The van der Waals surface area contributed by atoms with Gasteiger partial charge in [-0.05, 0) is 60.5 Å². The number of imide groups is 1. The molecule has 1 saturated heterocycles. The molecule has 1 atom stereocenters. The third-order valence-electron chi connectivity index (χ3n) is 6.54. The molecular weight excluding hydrogens is 541 g/mol. The molecule has 10 heteroatoms. The van der Waals surface area contributed by atoms with Crippen LogP contribution >= 0.6 is 23.2 Å². The fraction of sp³-hybridized carbons (Fsp3) is 0.172. The van der Waals surface area contributed by atoms with Gasteiger partial charge in [-0.3, -0.25) is 14.4 Å². The summed E-state index contributed by atoms with van der Waals surface area (Å²) >= 11 is 11.8. The van der Waals surface area contributed by atoms with Crippen LogP contribution < -0.4 is 10.2 Å². The topological polar surface area (TPSA) is 109 Å². The predicted octanol–water partition coefficient (Wildman–Crippen LogP) is 4.98. The number of hydrogen-bond acceptors (Lipinski definition) is 6. The maximum atomic E-state index is 13.0. The number of halogens is 2. The van der Waals surface area contributed by atoms with E-state index in [0.29, 0.717) is 23.7 Å². The monoisotopic (exact) mass is 563 g/mol. The van der Waals surface area contributed by atoms with E-state index in [9.17, 15) is 19.2 Å². The molecule has 5 rings (SSSR count). The SMILES string of the molecule is O=C(COC(=O)c1ccc(N2C(=O)CC(NCCc3c[nH]c4ccccc34)C2=O)cc1)c1ccc(Cl)c(Cl)c1. The number of nitrogens with one attached hydrogen (secondary N) is 2. The van der Waals surface area contributed by atoms with Crippen LogP contribution in [0.25, 0.3) is 10.9 Å². The molecule has 1 aromatic heterocycles. The Labute approximate surface area is 233 Å². The van der Waals surface area contributed by atoms with Crippen LogP contribution in [0.3, 0.4) is 0 Å². The molecule has 198 valence electrons. The minimum absolute atomic E-state index is 0.0489. The third kappa shape index (κ3) is 5.73. The number of aromatic nitrogens is 1. The van der Waals surface area contributed by atoms with Crippen molar-refractivity contribution in [2.45, 2.75) is 18.9 Å². The van der Waals surface area contributed by atoms with Gasteiger partial charge in [0.15, 0.2) is 12.4 Å². The summed E-state index contributed by atoms with van der Waals surface area (Å²) in [5.74, 6) is -1.82. The van der Waals surface area contributed by atoms with Crippen LogP contribution in [0, 0.1) is 0 Å². The number of rotatable bonds is 9. The second kappa shape index (κ2) is 11.4. The molecule has 39 heavy (non-hydrogen) atoms. The number of benzene rings is 3. The van der Waals surface area contributed by atoms with E-state index in [1.807, 2.05) is 30.5 Å². The third-order valence-corrected chi connectivity index (χ3v) is 7.28. The Balaban J connectivity index is 1.15. The van der Waals surface area contributed by atoms with Gasteiger partial charge in [-0.25, -0.2) is 9.69 Å². The van der Waals surface area contributed by atoms with Gasteiger partial charge < -0.3 is 15.0 Å².